The second-order valence-electron chi connectivity index (χ2n) is 5.91. The van der Waals surface area contributed by atoms with Crippen molar-refractivity contribution in [2.45, 2.75) is 48.5 Å². The van der Waals surface area contributed by atoms with Crippen LogP contribution in [0, 0.1) is 10.8 Å². The second kappa shape index (κ2) is 5.73. The van der Waals surface area contributed by atoms with E-state index in [-0.39, 0.29) is 10.8 Å². The minimum atomic E-state index is 0.0155. The molecule has 0 aromatic carbocycles. The van der Waals surface area contributed by atoms with Gasteiger partial charge in [-0.25, -0.2) is 0 Å². The van der Waals surface area contributed by atoms with Gasteiger partial charge < -0.3 is 0 Å². The molecule has 2 rings (SSSR count). The number of hydrogen-bond donors (Lipinski definition) is 0. The minimum absolute atomic E-state index is 0.0155. The van der Waals surface area contributed by atoms with Gasteiger partial charge in [-0.2, -0.15) is 0 Å². The molecule has 1 heterocycles. The van der Waals surface area contributed by atoms with E-state index in [1.165, 1.54) is 5.57 Å². The summed E-state index contributed by atoms with van der Waals surface area (Å²) in [6.07, 6.45) is 13.0. The molecule has 0 aromatic heterocycles. The van der Waals surface area contributed by atoms with Crippen LogP contribution in [0.25, 0.3) is 0 Å². The molecule has 0 unspecified atom stereocenters. The summed E-state index contributed by atoms with van der Waals surface area (Å²) in [6, 6.07) is 0. The lowest BCUT2D eigenvalue weighted by Crippen LogP contribution is -2.21. The molecule has 1 nitrogen and oxygen atoms in total. The summed E-state index contributed by atoms with van der Waals surface area (Å²) >= 11 is 0. The third-order valence-electron chi connectivity index (χ3n) is 3.45. The Labute approximate surface area is 118 Å². The van der Waals surface area contributed by atoms with Crippen molar-refractivity contribution in [2.75, 3.05) is 0 Å². The van der Waals surface area contributed by atoms with Crippen molar-refractivity contribution in [3.8, 4) is 0 Å². The molecule has 0 bridgehead atoms. The van der Waals surface area contributed by atoms with Crippen molar-refractivity contribution in [1.29, 1.82) is 0 Å². The highest BCUT2D eigenvalue weighted by Gasteiger charge is 2.37. The number of hydrogen-bond acceptors (Lipinski definition) is 1. The molecular formula is C18H27N. The van der Waals surface area contributed by atoms with Crippen molar-refractivity contribution >= 4 is 5.71 Å². The van der Waals surface area contributed by atoms with Gasteiger partial charge >= 0.3 is 0 Å². The average Bonchev–Trinajstić information content (AvgIpc) is 2.50. The van der Waals surface area contributed by atoms with Gasteiger partial charge in [0.1, 0.15) is 0 Å². The molecule has 0 amide bonds. The summed E-state index contributed by atoms with van der Waals surface area (Å²) in [5, 5.41) is 0. The van der Waals surface area contributed by atoms with Gasteiger partial charge in [-0.05, 0) is 24.6 Å². The number of fused-ring (bicyclic) bond motifs is 1. The Balaban J connectivity index is 0.000000861. The Morgan fingerprint density at radius 1 is 1.11 bits per heavy atom. The Hall–Kier alpha value is -1.37. The first-order valence-corrected chi connectivity index (χ1v) is 7.22. The Morgan fingerprint density at radius 3 is 2.32 bits per heavy atom. The van der Waals surface area contributed by atoms with E-state index in [4.69, 9.17) is 4.99 Å². The van der Waals surface area contributed by atoms with Gasteiger partial charge in [-0.3, -0.25) is 4.99 Å². The fourth-order valence-corrected chi connectivity index (χ4v) is 2.38. The van der Waals surface area contributed by atoms with E-state index in [2.05, 4.69) is 64.2 Å². The van der Waals surface area contributed by atoms with Crippen molar-refractivity contribution in [1.82, 2.24) is 0 Å². The lowest BCUT2D eigenvalue weighted by Gasteiger charge is -2.24. The SMILES string of the molecule is C/C=C/C1=NC2=CC=CC(C)(C)C=C2C1(C)C.CC. The maximum atomic E-state index is 4.75. The topological polar surface area (TPSA) is 12.4 Å². The fraction of sp³-hybridized carbons (Fsp3) is 0.500. The molecule has 1 heteroatoms. The van der Waals surface area contributed by atoms with Gasteiger partial charge in [0.25, 0.3) is 0 Å². The molecule has 0 aromatic rings. The normalized spacial score (nSPS) is 22.8. The largest absolute Gasteiger partial charge is 0.252 e. The van der Waals surface area contributed by atoms with Crippen molar-refractivity contribution in [3.05, 3.63) is 47.7 Å². The third kappa shape index (κ3) is 3.15. The van der Waals surface area contributed by atoms with E-state index < -0.39 is 0 Å². The smallest absolute Gasteiger partial charge is 0.0671 e. The number of aliphatic imine (C=N–C) groups is 1. The molecule has 0 saturated heterocycles. The summed E-state index contributed by atoms with van der Waals surface area (Å²) in [7, 11) is 0. The third-order valence-corrected chi connectivity index (χ3v) is 3.45. The van der Waals surface area contributed by atoms with Crippen molar-refractivity contribution < 1.29 is 0 Å². The molecule has 104 valence electrons. The van der Waals surface area contributed by atoms with Crippen molar-refractivity contribution in [3.63, 3.8) is 0 Å². The van der Waals surface area contributed by atoms with Gasteiger partial charge in [0.2, 0.25) is 0 Å². The zero-order chi connectivity index (χ0) is 14.7. The molecule has 1 aliphatic heterocycles. The molecule has 0 atom stereocenters. The highest BCUT2D eigenvalue weighted by atomic mass is 14.8. The van der Waals surface area contributed by atoms with E-state index in [9.17, 15) is 0 Å². The molecule has 0 spiro atoms. The highest BCUT2D eigenvalue weighted by molar-refractivity contribution is 6.05. The standard InChI is InChI=1S/C16H21N.C2H6/c1-6-8-14-16(4,5)12-11-15(2,3)10-7-9-13(12)17-14;1-2/h6-11H,1-5H3;1-2H3/b8-6+;. The Morgan fingerprint density at radius 2 is 1.74 bits per heavy atom. The highest BCUT2D eigenvalue weighted by Crippen LogP contribution is 2.44. The van der Waals surface area contributed by atoms with E-state index in [0.29, 0.717) is 0 Å². The lowest BCUT2D eigenvalue weighted by molar-refractivity contribution is 0.589. The molecule has 19 heavy (non-hydrogen) atoms. The lowest BCUT2D eigenvalue weighted by atomic mass is 9.77. The summed E-state index contributed by atoms with van der Waals surface area (Å²) < 4.78 is 0. The summed E-state index contributed by atoms with van der Waals surface area (Å²) in [6.45, 7) is 15.0. The van der Waals surface area contributed by atoms with Crippen LogP contribution in [0.1, 0.15) is 48.5 Å². The first-order valence-electron chi connectivity index (χ1n) is 7.22. The Bertz CT molecular complexity index is 480. The first kappa shape index (κ1) is 15.7. The van der Waals surface area contributed by atoms with Crippen LogP contribution < -0.4 is 0 Å². The molecular weight excluding hydrogens is 230 g/mol. The van der Waals surface area contributed by atoms with Gasteiger partial charge in [0, 0.05) is 10.8 Å². The van der Waals surface area contributed by atoms with Crippen LogP contribution in [-0.2, 0) is 0 Å². The number of nitrogens with zero attached hydrogens (tertiary/aromatic N) is 1. The van der Waals surface area contributed by atoms with Crippen LogP contribution in [0.5, 0.6) is 0 Å². The monoisotopic (exact) mass is 257 g/mol. The van der Waals surface area contributed by atoms with E-state index in [1.807, 2.05) is 20.8 Å². The molecule has 1 aliphatic carbocycles. The second-order valence-corrected chi connectivity index (χ2v) is 5.91. The molecule has 0 N–H and O–H groups in total. The van der Waals surface area contributed by atoms with Gasteiger partial charge in [0.15, 0.2) is 0 Å². The van der Waals surface area contributed by atoms with Gasteiger partial charge in [-0.1, -0.05) is 65.8 Å². The van der Waals surface area contributed by atoms with Gasteiger partial charge in [-0.15, -0.1) is 0 Å². The molecule has 0 fully saturated rings. The van der Waals surface area contributed by atoms with Crippen LogP contribution in [-0.4, -0.2) is 5.71 Å². The van der Waals surface area contributed by atoms with Crippen LogP contribution in [0.4, 0.5) is 0 Å². The first-order chi connectivity index (χ1) is 8.87. The van der Waals surface area contributed by atoms with E-state index in [0.717, 1.165) is 11.4 Å². The molecule has 0 radical (unpaired) electrons. The average molecular weight is 257 g/mol. The van der Waals surface area contributed by atoms with Crippen LogP contribution >= 0.6 is 0 Å². The van der Waals surface area contributed by atoms with Crippen LogP contribution in [0.2, 0.25) is 0 Å². The zero-order valence-electron chi connectivity index (χ0n) is 13.4. The molecule has 0 saturated carbocycles. The molecule has 2 aliphatic rings. The minimum Gasteiger partial charge on any atom is -0.252 e. The van der Waals surface area contributed by atoms with Crippen LogP contribution in [0.3, 0.4) is 0 Å². The maximum Gasteiger partial charge on any atom is 0.0671 e. The summed E-state index contributed by atoms with van der Waals surface area (Å²) in [4.78, 5) is 4.75. The van der Waals surface area contributed by atoms with E-state index >= 15 is 0 Å². The maximum absolute atomic E-state index is 4.75. The zero-order valence-corrected chi connectivity index (χ0v) is 13.4. The number of rotatable bonds is 1. The van der Waals surface area contributed by atoms with Crippen LogP contribution in [0.15, 0.2) is 52.7 Å². The quantitative estimate of drug-likeness (QED) is 0.590. The summed E-state index contributed by atoms with van der Waals surface area (Å²) in [5.41, 5.74) is 3.74. The van der Waals surface area contributed by atoms with Crippen molar-refractivity contribution in [2.24, 2.45) is 15.8 Å². The van der Waals surface area contributed by atoms with E-state index in [1.54, 1.807) is 0 Å². The fourth-order valence-electron chi connectivity index (χ4n) is 2.38. The Kier molecular flexibility index (Phi) is 4.73. The predicted octanol–water partition coefficient (Wildman–Crippen LogP) is 5.48. The number of allylic oxidation sites excluding steroid dienone is 7. The predicted molar refractivity (Wildman–Crippen MR) is 86.5 cm³/mol. The van der Waals surface area contributed by atoms with Gasteiger partial charge in [0.05, 0.1) is 11.4 Å². The summed E-state index contributed by atoms with van der Waals surface area (Å²) in [5.74, 6) is 0.